The van der Waals surface area contributed by atoms with Gasteiger partial charge in [-0.2, -0.15) is 0 Å². The molecule has 1 aliphatic carbocycles. The molecule has 0 unspecified atom stereocenters. The van der Waals surface area contributed by atoms with Crippen LogP contribution >= 0.6 is 11.8 Å². The van der Waals surface area contributed by atoms with Crippen LogP contribution in [0.15, 0.2) is 0 Å². The summed E-state index contributed by atoms with van der Waals surface area (Å²) in [4.78, 5) is 7.59. The first-order valence-corrected chi connectivity index (χ1v) is 9.87. The molecule has 1 heterocycles. The molecule has 124 valence electrons. The van der Waals surface area contributed by atoms with Crippen molar-refractivity contribution in [3.63, 3.8) is 0 Å². The monoisotopic (exact) mass is 315 g/mol. The maximum atomic E-state index is 6.02. The van der Waals surface area contributed by atoms with Crippen molar-refractivity contribution in [2.75, 3.05) is 65.1 Å². The molecule has 1 saturated carbocycles. The first-order valence-electron chi connectivity index (χ1n) is 8.48. The summed E-state index contributed by atoms with van der Waals surface area (Å²) in [5.41, 5.74) is 0. The minimum atomic E-state index is 0.515. The highest BCUT2D eigenvalue weighted by Crippen LogP contribution is 2.28. The van der Waals surface area contributed by atoms with Gasteiger partial charge in [0.05, 0.1) is 12.7 Å². The van der Waals surface area contributed by atoms with E-state index in [2.05, 4.69) is 34.9 Å². The number of hydrogen-bond acceptors (Lipinski definition) is 5. The van der Waals surface area contributed by atoms with E-state index >= 15 is 0 Å². The second kappa shape index (κ2) is 9.36. The van der Waals surface area contributed by atoms with Crippen LogP contribution in [0.5, 0.6) is 0 Å². The Balaban J connectivity index is 1.48. The quantitative estimate of drug-likeness (QED) is 0.603. The number of piperazine rings is 1. The highest BCUT2D eigenvalue weighted by Gasteiger charge is 2.32. The van der Waals surface area contributed by atoms with Gasteiger partial charge in [0.2, 0.25) is 0 Å². The summed E-state index contributed by atoms with van der Waals surface area (Å²) in [5, 5.41) is 0. The van der Waals surface area contributed by atoms with Gasteiger partial charge in [-0.25, -0.2) is 0 Å². The lowest BCUT2D eigenvalue weighted by atomic mass is 9.88. The zero-order valence-electron chi connectivity index (χ0n) is 14.1. The van der Waals surface area contributed by atoms with Crippen molar-refractivity contribution in [2.24, 2.45) is 0 Å². The van der Waals surface area contributed by atoms with Gasteiger partial charge in [-0.05, 0) is 39.1 Å². The lowest BCUT2D eigenvalue weighted by Gasteiger charge is -2.41. The second-order valence-electron chi connectivity index (χ2n) is 6.48. The van der Waals surface area contributed by atoms with E-state index in [0.717, 1.165) is 25.1 Å². The van der Waals surface area contributed by atoms with Gasteiger partial charge in [-0.15, -0.1) is 11.8 Å². The molecule has 1 aliphatic heterocycles. The van der Waals surface area contributed by atoms with Crippen LogP contribution < -0.4 is 0 Å². The van der Waals surface area contributed by atoms with Crippen molar-refractivity contribution in [2.45, 2.75) is 38.3 Å². The van der Waals surface area contributed by atoms with Gasteiger partial charge < -0.3 is 9.64 Å². The van der Waals surface area contributed by atoms with E-state index in [0.29, 0.717) is 6.10 Å². The fraction of sp³-hybridized carbons (Fsp3) is 1.00. The van der Waals surface area contributed by atoms with Crippen molar-refractivity contribution >= 4 is 11.8 Å². The summed E-state index contributed by atoms with van der Waals surface area (Å²) in [5.74, 6) is 1.14. The van der Waals surface area contributed by atoms with E-state index < -0.39 is 0 Å². The van der Waals surface area contributed by atoms with Gasteiger partial charge in [0, 0.05) is 44.6 Å². The van der Waals surface area contributed by atoms with Crippen molar-refractivity contribution in [3.8, 4) is 0 Å². The van der Waals surface area contributed by atoms with Crippen molar-refractivity contribution in [3.05, 3.63) is 0 Å². The minimum absolute atomic E-state index is 0.515. The Hall–Kier alpha value is 0.190. The molecule has 0 aromatic carbocycles. The van der Waals surface area contributed by atoms with Gasteiger partial charge in [0.15, 0.2) is 0 Å². The van der Waals surface area contributed by atoms with Crippen LogP contribution in [0.25, 0.3) is 0 Å². The fourth-order valence-electron chi connectivity index (χ4n) is 3.24. The Morgan fingerprint density at radius 2 is 1.71 bits per heavy atom. The highest BCUT2D eigenvalue weighted by atomic mass is 32.2. The van der Waals surface area contributed by atoms with Crippen LogP contribution in [0.3, 0.4) is 0 Å². The number of rotatable bonds is 9. The number of nitrogens with zero attached hydrogens (tertiary/aromatic N) is 3. The Bertz CT molecular complexity index is 279. The third kappa shape index (κ3) is 5.71. The van der Waals surface area contributed by atoms with Gasteiger partial charge in [-0.1, -0.05) is 6.92 Å². The number of hydrogen-bond donors (Lipinski definition) is 0. The Morgan fingerprint density at radius 1 is 1.10 bits per heavy atom. The summed E-state index contributed by atoms with van der Waals surface area (Å²) in [6.07, 6.45) is 6.41. The molecule has 4 nitrogen and oxygen atoms in total. The SMILES string of the molecule is CCCN1CCN(CCO[C@H]2C[C@H](N(C)CSC)C2)CC1. The summed E-state index contributed by atoms with van der Waals surface area (Å²) in [7, 11) is 2.23. The van der Waals surface area contributed by atoms with Crippen LogP contribution in [0.4, 0.5) is 0 Å². The molecule has 0 aromatic heterocycles. The van der Waals surface area contributed by atoms with Gasteiger partial charge in [-0.3, -0.25) is 9.80 Å². The largest absolute Gasteiger partial charge is 0.377 e. The minimum Gasteiger partial charge on any atom is -0.377 e. The molecule has 2 aliphatic rings. The zero-order valence-corrected chi connectivity index (χ0v) is 14.9. The molecule has 21 heavy (non-hydrogen) atoms. The first-order chi connectivity index (χ1) is 10.2. The van der Waals surface area contributed by atoms with Crippen LogP contribution in [0, 0.1) is 0 Å². The van der Waals surface area contributed by atoms with E-state index in [1.54, 1.807) is 0 Å². The van der Waals surface area contributed by atoms with E-state index in [9.17, 15) is 0 Å². The lowest BCUT2D eigenvalue weighted by molar-refractivity contribution is -0.0490. The van der Waals surface area contributed by atoms with Crippen LogP contribution in [0.1, 0.15) is 26.2 Å². The molecule has 0 spiro atoms. The van der Waals surface area contributed by atoms with E-state index in [1.165, 1.54) is 52.0 Å². The van der Waals surface area contributed by atoms with Crippen LogP contribution in [-0.4, -0.2) is 91.9 Å². The van der Waals surface area contributed by atoms with Gasteiger partial charge in [0.25, 0.3) is 0 Å². The lowest BCUT2D eigenvalue weighted by Crippen LogP contribution is -2.49. The third-order valence-corrected chi connectivity index (χ3v) is 5.46. The predicted octanol–water partition coefficient (Wildman–Crippen LogP) is 1.81. The molecule has 0 aromatic rings. The Kier molecular flexibility index (Phi) is 7.82. The first kappa shape index (κ1) is 17.5. The fourth-order valence-corrected chi connectivity index (χ4v) is 3.86. The number of ether oxygens (including phenoxy) is 1. The molecule has 0 bridgehead atoms. The average molecular weight is 316 g/mol. The molecule has 0 amide bonds. The molecule has 0 N–H and O–H groups in total. The summed E-state index contributed by atoms with van der Waals surface area (Å²) >= 11 is 1.90. The molecule has 5 heteroatoms. The standard InChI is InChI=1S/C16H33N3OS/c1-4-5-18-6-8-19(9-7-18)10-11-20-16-12-15(13-16)17(2)14-21-3/h15-16H,4-14H2,1-3H3/t15-,16-. The Morgan fingerprint density at radius 3 is 2.29 bits per heavy atom. The molecular weight excluding hydrogens is 282 g/mol. The zero-order chi connectivity index (χ0) is 15.1. The normalized spacial score (nSPS) is 28.0. The third-order valence-electron chi connectivity index (χ3n) is 4.79. The predicted molar refractivity (Wildman–Crippen MR) is 92.1 cm³/mol. The maximum Gasteiger partial charge on any atom is 0.0605 e. The van der Waals surface area contributed by atoms with E-state index in [4.69, 9.17) is 4.74 Å². The molecule has 2 rings (SSSR count). The summed E-state index contributed by atoms with van der Waals surface area (Å²) < 4.78 is 6.02. The molecule has 0 atom stereocenters. The molecule has 0 radical (unpaired) electrons. The van der Waals surface area contributed by atoms with Crippen LogP contribution in [-0.2, 0) is 4.74 Å². The van der Waals surface area contributed by atoms with Crippen molar-refractivity contribution < 1.29 is 4.74 Å². The van der Waals surface area contributed by atoms with E-state index in [-0.39, 0.29) is 0 Å². The molecule has 2 fully saturated rings. The van der Waals surface area contributed by atoms with Gasteiger partial charge in [0.1, 0.15) is 0 Å². The van der Waals surface area contributed by atoms with Gasteiger partial charge >= 0.3 is 0 Å². The van der Waals surface area contributed by atoms with Crippen molar-refractivity contribution in [1.82, 2.24) is 14.7 Å². The van der Waals surface area contributed by atoms with E-state index in [1.807, 2.05) is 11.8 Å². The van der Waals surface area contributed by atoms with Crippen LogP contribution in [0.2, 0.25) is 0 Å². The smallest absolute Gasteiger partial charge is 0.0605 e. The van der Waals surface area contributed by atoms with Crippen molar-refractivity contribution in [1.29, 1.82) is 0 Å². The Labute approximate surface area is 135 Å². The number of thioether (sulfide) groups is 1. The summed E-state index contributed by atoms with van der Waals surface area (Å²) in [6.45, 7) is 10.5. The maximum absolute atomic E-state index is 6.02. The average Bonchev–Trinajstić information content (AvgIpc) is 2.43. The topological polar surface area (TPSA) is 19.0 Å². The highest BCUT2D eigenvalue weighted by molar-refractivity contribution is 7.98. The summed E-state index contributed by atoms with van der Waals surface area (Å²) in [6, 6.07) is 0.750. The molecular formula is C16H33N3OS. The second-order valence-corrected chi connectivity index (χ2v) is 7.31. The molecule has 1 saturated heterocycles.